The Hall–Kier alpha value is -4.03. The molecule has 9 heteroatoms. The number of nitrogens with zero attached hydrogens (tertiary/aromatic N) is 5. The van der Waals surface area contributed by atoms with Gasteiger partial charge in [-0.1, -0.05) is 30.3 Å². The molecule has 152 valence electrons. The number of aromatic nitrogens is 2. The Morgan fingerprint density at radius 3 is 2.70 bits per heavy atom. The van der Waals surface area contributed by atoms with Gasteiger partial charge in [0, 0.05) is 18.2 Å². The molecule has 0 aliphatic rings. The summed E-state index contributed by atoms with van der Waals surface area (Å²) in [6, 6.07) is 17.3. The largest absolute Gasteiger partial charge is 0.308 e. The van der Waals surface area contributed by atoms with E-state index in [0.717, 1.165) is 5.56 Å². The van der Waals surface area contributed by atoms with Gasteiger partial charge in [-0.3, -0.25) is 19.8 Å². The molecule has 9 nitrogen and oxygen atoms in total. The first-order chi connectivity index (χ1) is 14.4. The van der Waals surface area contributed by atoms with Crippen molar-refractivity contribution < 1.29 is 9.72 Å². The van der Waals surface area contributed by atoms with E-state index in [0.29, 0.717) is 11.5 Å². The minimum Gasteiger partial charge on any atom is -0.308 e. The lowest BCUT2D eigenvalue weighted by Gasteiger charge is -2.24. The number of nitrogens with one attached hydrogen (secondary N) is 1. The summed E-state index contributed by atoms with van der Waals surface area (Å²) in [5.41, 5.74) is 1.70. The molecule has 3 rings (SSSR count). The number of amides is 1. The van der Waals surface area contributed by atoms with Gasteiger partial charge in [0.15, 0.2) is 5.82 Å². The Kier molecular flexibility index (Phi) is 6.20. The van der Waals surface area contributed by atoms with Gasteiger partial charge in [0.25, 0.3) is 5.69 Å². The molecule has 0 saturated carbocycles. The third kappa shape index (κ3) is 4.51. The average Bonchev–Trinajstić information content (AvgIpc) is 3.16. The van der Waals surface area contributed by atoms with Gasteiger partial charge in [-0.15, -0.1) is 0 Å². The monoisotopic (exact) mass is 404 g/mol. The fraction of sp³-hybridized carbons (Fsp3) is 0.190. The molecule has 0 aliphatic heterocycles. The maximum Gasteiger partial charge on any atom is 0.269 e. The van der Waals surface area contributed by atoms with Crippen molar-refractivity contribution in [3.63, 3.8) is 0 Å². The van der Waals surface area contributed by atoms with Crippen LogP contribution >= 0.6 is 0 Å². The molecule has 0 radical (unpaired) electrons. The van der Waals surface area contributed by atoms with Gasteiger partial charge < -0.3 is 5.32 Å². The van der Waals surface area contributed by atoms with E-state index >= 15 is 0 Å². The number of anilines is 1. The van der Waals surface area contributed by atoms with Crippen LogP contribution in [0, 0.1) is 21.4 Å². The van der Waals surface area contributed by atoms with Gasteiger partial charge in [0.05, 0.1) is 23.4 Å². The van der Waals surface area contributed by atoms with E-state index < -0.39 is 4.92 Å². The Morgan fingerprint density at radius 2 is 2.03 bits per heavy atom. The second-order valence-electron chi connectivity index (χ2n) is 6.76. The number of nitro benzene ring substituents is 1. The summed E-state index contributed by atoms with van der Waals surface area (Å²) < 4.78 is 1.50. The zero-order valence-electron chi connectivity index (χ0n) is 16.5. The van der Waals surface area contributed by atoms with E-state index in [-0.39, 0.29) is 29.7 Å². The summed E-state index contributed by atoms with van der Waals surface area (Å²) >= 11 is 0. The molecule has 1 amide bonds. The standard InChI is InChI=1S/C21H20N6O3/c1-15(16-7-6-10-19(11-16)27(29)30)25(2)14-20(28)24-21-17(12-22)13-23-26(21)18-8-4-3-5-9-18/h3-11,13,15H,14H2,1-2H3,(H,24,28). The normalized spacial score (nSPS) is 11.7. The number of hydrogen-bond acceptors (Lipinski definition) is 6. The molecule has 1 N–H and O–H groups in total. The van der Waals surface area contributed by atoms with Crippen LogP contribution in [0.4, 0.5) is 11.5 Å². The lowest BCUT2D eigenvalue weighted by atomic mass is 10.1. The van der Waals surface area contributed by atoms with Crippen LogP contribution in [0.25, 0.3) is 5.69 Å². The number of likely N-dealkylation sites (N-methyl/N-ethyl adjacent to an activating group) is 1. The van der Waals surface area contributed by atoms with Crippen LogP contribution in [0.3, 0.4) is 0 Å². The number of rotatable bonds is 7. The molecule has 0 bridgehead atoms. The highest BCUT2D eigenvalue weighted by Crippen LogP contribution is 2.23. The summed E-state index contributed by atoms with van der Waals surface area (Å²) in [6.45, 7) is 1.88. The number of non-ortho nitro benzene ring substituents is 1. The fourth-order valence-corrected chi connectivity index (χ4v) is 3.00. The molecule has 2 aromatic carbocycles. The Morgan fingerprint density at radius 1 is 1.30 bits per heavy atom. The zero-order valence-corrected chi connectivity index (χ0v) is 16.5. The number of para-hydroxylation sites is 1. The van der Waals surface area contributed by atoms with Crippen LogP contribution in [0.2, 0.25) is 0 Å². The Balaban J connectivity index is 1.74. The quantitative estimate of drug-likeness (QED) is 0.477. The maximum atomic E-state index is 12.7. The minimum absolute atomic E-state index is 0.00243. The van der Waals surface area contributed by atoms with E-state index in [1.807, 2.05) is 43.3 Å². The second kappa shape index (κ2) is 8.98. The van der Waals surface area contributed by atoms with Crippen LogP contribution in [0.15, 0.2) is 60.8 Å². The van der Waals surface area contributed by atoms with Crippen molar-refractivity contribution in [3.8, 4) is 11.8 Å². The summed E-state index contributed by atoms with van der Waals surface area (Å²) in [7, 11) is 1.75. The molecule has 1 unspecified atom stereocenters. The first-order valence-electron chi connectivity index (χ1n) is 9.18. The zero-order chi connectivity index (χ0) is 21.7. The van der Waals surface area contributed by atoms with Crippen molar-refractivity contribution in [1.82, 2.24) is 14.7 Å². The van der Waals surface area contributed by atoms with Crippen molar-refractivity contribution in [1.29, 1.82) is 5.26 Å². The van der Waals surface area contributed by atoms with E-state index in [1.54, 1.807) is 24.1 Å². The Labute approximate surface area is 173 Å². The third-order valence-electron chi connectivity index (χ3n) is 4.77. The predicted molar refractivity (Wildman–Crippen MR) is 111 cm³/mol. The van der Waals surface area contributed by atoms with Crippen LogP contribution < -0.4 is 5.32 Å². The predicted octanol–water partition coefficient (Wildman–Crippen LogP) is 3.28. The van der Waals surface area contributed by atoms with Gasteiger partial charge in [-0.25, -0.2) is 4.68 Å². The molecule has 1 aromatic heterocycles. The molecule has 1 atom stereocenters. The molecular weight excluding hydrogens is 384 g/mol. The number of benzene rings is 2. The SMILES string of the molecule is CC(c1cccc([N+](=O)[O-])c1)N(C)CC(=O)Nc1c(C#N)cnn1-c1ccccc1. The average molecular weight is 404 g/mol. The van der Waals surface area contributed by atoms with E-state index in [9.17, 15) is 20.2 Å². The summed E-state index contributed by atoms with van der Waals surface area (Å²) in [5, 5.41) is 27.3. The number of carbonyl (C=O) groups is 1. The lowest BCUT2D eigenvalue weighted by Crippen LogP contribution is -2.32. The molecular formula is C21H20N6O3. The van der Waals surface area contributed by atoms with Gasteiger partial charge in [0.2, 0.25) is 5.91 Å². The fourth-order valence-electron chi connectivity index (χ4n) is 3.00. The summed E-state index contributed by atoms with van der Waals surface area (Å²) in [6.07, 6.45) is 1.40. The van der Waals surface area contributed by atoms with Crippen molar-refractivity contribution in [2.45, 2.75) is 13.0 Å². The molecule has 3 aromatic rings. The third-order valence-corrected chi connectivity index (χ3v) is 4.77. The number of hydrogen-bond donors (Lipinski definition) is 1. The lowest BCUT2D eigenvalue weighted by molar-refractivity contribution is -0.384. The van der Waals surface area contributed by atoms with Crippen LogP contribution in [-0.4, -0.2) is 39.1 Å². The first-order valence-corrected chi connectivity index (χ1v) is 9.18. The van der Waals surface area contributed by atoms with E-state index in [4.69, 9.17) is 0 Å². The highest BCUT2D eigenvalue weighted by atomic mass is 16.6. The van der Waals surface area contributed by atoms with E-state index in [1.165, 1.54) is 23.0 Å². The number of carbonyl (C=O) groups excluding carboxylic acids is 1. The molecule has 1 heterocycles. The van der Waals surface area contributed by atoms with Crippen LogP contribution in [0.1, 0.15) is 24.1 Å². The smallest absolute Gasteiger partial charge is 0.269 e. The molecule has 30 heavy (non-hydrogen) atoms. The van der Waals surface area contributed by atoms with Crippen molar-refractivity contribution >= 4 is 17.4 Å². The van der Waals surface area contributed by atoms with Gasteiger partial charge >= 0.3 is 0 Å². The Bertz CT molecular complexity index is 1100. The first kappa shape index (κ1) is 20.7. The second-order valence-corrected chi connectivity index (χ2v) is 6.76. The van der Waals surface area contributed by atoms with Crippen molar-refractivity contribution in [2.24, 2.45) is 0 Å². The van der Waals surface area contributed by atoms with Crippen LogP contribution in [-0.2, 0) is 4.79 Å². The molecule has 0 saturated heterocycles. The highest BCUT2D eigenvalue weighted by molar-refractivity contribution is 5.93. The van der Waals surface area contributed by atoms with Crippen molar-refractivity contribution in [2.75, 3.05) is 18.9 Å². The van der Waals surface area contributed by atoms with Crippen LogP contribution in [0.5, 0.6) is 0 Å². The van der Waals surface area contributed by atoms with Gasteiger partial charge in [0.1, 0.15) is 11.6 Å². The van der Waals surface area contributed by atoms with Gasteiger partial charge in [-0.05, 0) is 31.7 Å². The highest BCUT2D eigenvalue weighted by Gasteiger charge is 2.20. The van der Waals surface area contributed by atoms with Gasteiger partial charge in [-0.2, -0.15) is 10.4 Å². The number of nitro groups is 1. The van der Waals surface area contributed by atoms with E-state index in [2.05, 4.69) is 10.4 Å². The van der Waals surface area contributed by atoms with Crippen molar-refractivity contribution in [3.05, 3.63) is 82.0 Å². The molecule has 0 spiro atoms. The molecule has 0 fully saturated rings. The minimum atomic E-state index is -0.447. The topological polar surface area (TPSA) is 117 Å². The molecule has 0 aliphatic carbocycles. The maximum absolute atomic E-state index is 12.7. The summed E-state index contributed by atoms with van der Waals surface area (Å²) in [5.74, 6) is -0.0333. The summed E-state index contributed by atoms with van der Waals surface area (Å²) in [4.78, 5) is 25.0. The number of nitriles is 1.